The molecule has 2 rings (SSSR count). The van der Waals surface area contributed by atoms with Crippen LogP contribution in [0.4, 0.5) is 0 Å². The molecule has 0 bridgehead atoms. The van der Waals surface area contributed by atoms with Crippen molar-refractivity contribution in [2.45, 2.75) is 180 Å². The zero-order valence-electron chi connectivity index (χ0n) is 50.5. The number of Topliss-reactive ketones (excluding diaryl/α,β-unsaturated/α-hetero) is 1. The molecular formula is C56H86N12O18S. The van der Waals surface area contributed by atoms with Crippen LogP contribution in [0, 0.1) is 18.8 Å². The van der Waals surface area contributed by atoms with Gasteiger partial charge in [-0.1, -0.05) is 71.4 Å². The molecule has 0 spiro atoms. The van der Waals surface area contributed by atoms with E-state index >= 15 is 0 Å². The van der Waals surface area contributed by atoms with Gasteiger partial charge in [-0.2, -0.15) is 11.8 Å². The lowest BCUT2D eigenvalue weighted by atomic mass is 9.98. The summed E-state index contributed by atoms with van der Waals surface area (Å²) in [5.41, 5.74) is 6.98. The fraction of sp³-hybridized carbons (Fsp3) is 0.625. The van der Waals surface area contributed by atoms with Crippen LogP contribution in [0.3, 0.4) is 0 Å². The Labute approximate surface area is 508 Å². The molecule has 12 amide bonds. The Morgan fingerprint density at radius 1 is 0.609 bits per heavy atom. The topological polar surface area (TPSA) is 466 Å². The third kappa shape index (κ3) is 25.3. The molecule has 1 aromatic rings. The normalized spacial score (nSPS) is 15.9. The van der Waals surface area contributed by atoms with Gasteiger partial charge >= 0.3 is 11.9 Å². The lowest BCUT2D eigenvalue weighted by Crippen LogP contribution is -2.61. The highest BCUT2D eigenvalue weighted by Gasteiger charge is 2.42. The average molecular weight is 1250 g/mol. The van der Waals surface area contributed by atoms with Crippen molar-refractivity contribution < 1.29 is 87.2 Å². The number of nitrogens with one attached hydrogen (secondary N) is 10. The summed E-state index contributed by atoms with van der Waals surface area (Å²) < 4.78 is 0. The summed E-state index contributed by atoms with van der Waals surface area (Å²) >= 11 is 1.31. The van der Waals surface area contributed by atoms with Gasteiger partial charge in [0.25, 0.3) is 5.91 Å². The molecule has 15 N–H and O–H groups in total. The van der Waals surface area contributed by atoms with Crippen molar-refractivity contribution in [3.8, 4) is 0 Å². The number of likely N-dealkylation sites (tertiary alicyclic amines) is 1. The number of thioether (sulfide) groups is 1. The van der Waals surface area contributed by atoms with E-state index in [-0.39, 0.29) is 45.1 Å². The highest BCUT2D eigenvalue weighted by atomic mass is 32.2. The van der Waals surface area contributed by atoms with Crippen LogP contribution in [-0.4, -0.2) is 201 Å². The summed E-state index contributed by atoms with van der Waals surface area (Å²) in [6.45, 7) is 10.6. The number of carbonyl (C=O) groups excluding carboxylic acids is 13. The number of carbonyl (C=O) groups is 15. The van der Waals surface area contributed by atoms with E-state index in [1.165, 1.54) is 23.6 Å². The maximum Gasteiger partial charge on any atom is 0.303 e. The number of aliphatic hydroxyl groups excluding tert-OH is 1. The number of hydrogen-bond donors (Lipinski definition) is 14. The summed E-state index contributed by atoms with van der Waals surface area (Å²) in [5, 5.41) is 53.0. The number of aliphatic carboxylic acids is 2. The van der Waals surface area contributed by atoms with Gasteiger partial charge in [0.2, 0.25) is 70.8 Å². The van der Waals surface area contributed by atoms with Crippen LogP contribution in [0.5, 0.6) is 0 Å². The SMILES string of the molecule is CC[C@H](NC(=O)[C@H](Cc1ccc(C)cc1)NC(=O)[C@H](CO)NC(=O)[C@H](CCSC)NC(=O)CNC(=O)C(=O)[C@H](CC)NC(=O)[C@@H]1CCCN1C(=O)[C@@H](NC(=O)[C@@H](NC(=O)[C@H](CCC(=O)O)NC(=O)[C@H](CCC(=O)O)NC(C)=O)C(C)C)C(C)C)C(N)=O. The molecule has 0 aromatic heterocycles. The van der Waals surface area contributed by atoms with Crippen LogP contribution in [0.15, 0.2) is 24.3 Å². The Bertz CT molecular complexity index is 2640. The minimum Gasteiger partial charge on any atom is -0.481 e. The van der Waals surface area contributed by atoms with Crippen molar-refractivity contribution >= 4 is 100 Å². The van der Waals surface area contributed by atoms with Crippen molar-refractivity contribution in [3.05, 3.63) is 35.4 Å². The summed E-state index contributed by atoms with van der Waals surface area (Å²) in [5.74, 6) is -15.6. The van der Waals surface area contributed by atoms with Gasteiger partial charge in [-0.25, -0.2) is 0 Å². The number of benzene rings is 1. The van der Waals surface area contributed by atoms with Crippen LogP contribution in [0.1, 0.15) is 117 Å². The largest absolute Gasteiger partial charge is 0.481 e. The first kappa shape index (κ1) is 74.9. The summed E-state index contributed by atoms with van der Waals surface area (Å²) in [7, 11) is 0. The van der Waals surface area contributed by atoms with Crippen molar-refractivity contribution in [2.75, 3.05) is 31.7 Å². The minimum absolute atomic E-state index is 0.00800. The van der Waals surface area contributed by atoms with E-state index in [4.69, 9.17) is 10.8 Å². The third-order valence-corrected chi connectivity index (χ3v) is 14.6. The van der Waals surface area contributed by atoms with E-state index < -0.39 is 193 Å². The molecule has 31 heteroatoms. The number of nitrogens with two attached hydrogens (primary N) is 1. The van der Waals surface area contributed by atoms with Crippen LogP contribution in [0.2, 0.25) is 0 Å². The van der Waals surface area contributed by atoms with Crippen LogP contribution in [0.25, 0.3) is 0 Å². The number of rotatable bonds is 38. The number of amides is 12. The number of aliphatic hydroxyl groups is 1. The quantitative estimate of drug-likeness (QED) is 0.0288. The smallest absolute Gasteiger partial charge is 0.303 e. The van der Waals surface area contributed by atoms with Gasteiger partial charge < -0.3 is 79.1 Å². The predicted octanol–water partition coefficient (Wildman–Crippen LogP) is -3.31. The van der Waals surface area contributed by atoms with Gasteiger partial charge in [0.05, 0.1) is 19.2 Å². The van der Waals surface area contributed by atoms with Crippen LogP contribution < -0.4 is 58.9 Å². The fourth-order valence-corrected chi connectivity index (χ4v) is 9.42. The molecule has 87 heavy (non-hydrogen) atoms. The van der Waals surface area contributed by atoms with Crippen molar-refractivity contribution in [2.24, 2.45) is 17.6 Å². The van der Waals surface area contributed by atoms with Gasteiger partial charge in [0.15, 0.2) is 0 Å². The number of primary amides is 1. The average Bonchev–Trinajstić information content (AvgIpc) is 3.38. The molecule has 1 aliphatic rings. The van der Waals surface area contributed by atoms with E-state index in [0.29, 0.717) is 17.7 Å². The van der Waals surface area contributed by atoms with E-state index in [9.17, 15) is 82.1 Å². The summed E-state index contributed by atoms with van der Waals surface area (Å²) in [6.07, 6.45) is 0.106. The first-order chi connectivity index (χ1) is 40.9. The standard InChI is InChI=1S/C56H86N12O18S/c1-10-33(46(76)55(85)58-26-41(71)60-37(22-24-87-9)49(79)65-39(27-69)52(82)64-38(25-32-16-14-30(7)15-17-32)51(81)62-34(11-2)47(57)77)61-53(83)40-13-12-23-68(40)56(86)45(29(5)6)67-54(84)44(28(3)4)66-50(80)36(19-21-43(74)75)63-48(78)35(59-31(8)70)18-20-42(72)73/h14-17,28-29,33-40,44-45,69H,10-13,18-27H2,1-9H3,(H2,57,77)(H,58,85)(H,59,70)(H,60,71)(H,61,83)(H,62,81)(H,63,78)(H,64,82)(H,65,79)(H,66,80)(H,67,84)(H,72,73)(H,74,75)/t33-,34-,35-,36-,37-,38-,39-,40-,44-,45-/m0/s1. The number of carboxylic acids is 2. The Morgan fingerprint density at radius 3 is 1.60 bits per heavy atom. The molecule has 30 nitrogen and oxygen atoms in total. The van der Waals surface area contributed by atoms with Crippen LogP contribution >= 0.6 is 11.8 Å². The number of ketones is 1. The Hall–Kier alpha value is -8.22. The Kier molecular flexibility index (Phi) is 32.2. The summed E-state index contributed by atoms with van der Waals surface area (Å²) in [6, 6.07) is -6.65. The van der Waals surface area contributed by atoms with E-state index in [0.717, 1.165) is 12.5 Å². The molecule has 1 fully saturated rings. The molecule has 0 saturated carbocycles. The number of aryl methyl sites for hydroxylation is 1. The molecule has 484 valence electrons. The number of nitrogens with zero attached hydrogens (tertiary/aromatic N) is 1. The molecule has 1 aliphatic heterocycles. The van der Waals surface area contributed by atoms with Crippen molar-refractivity contribution in [1.82, 2.24) is 58.1 Å². The third-order valence-electron chi connectivity index (χ3n) is 14.0. The first-order valence-corrected chi connectivity index (χ1v) is 30.0. The van der Waals surface area contributed by atoms with Gasteiger partial charge in [-0.3, -0.25) is 71.9 Å². The molecule has 1 saturated heterocycles. The lowest BCUT2D eigenvalue weighted by Gasteiger charge is -2.33. The maximum atomic E-state index is 14.3. The zero-order chi connectivity index (χ0) is 65.8. The second-order valence-corrected chi connectivity index (χ2v) is 22.6. The highest BCUT2D eigenvalue weighted by molar-refractivity contribution is 7.98. The zero-order valence-corrected chi connectivity index (χ0v) is 51.4. The number of carboxylic acid groups (broad SMARTS) is 2. The Balaban J connectivity index is 2.18. The molecule has 0 aliphatic carbocycles. The molecule has 0 radical (unpaired) electrons. The van der Waals surface area contributed by atoms with Crippen molar-refractivity contribution in [3.63, 3.8) is 0 Å². The van der Waals surface area contributed by atoms with Gasteiger partial charge in [0.1, 0.15) is 54.4 Å². The molecule has 1 aromatic carbocycles. The minimum atomic E-state index is -1.64. The maximum absolute atomic E-state index is 14.3. The fourth-order valence-electron chi connectivity index (χ4n) is 8.95. The second-order valence-electron chi connectivity index (χ2n) is 21.6. The van der Waals surface area contributed by atoms with Gasteiger partial charge in [0, 0.05) is 32.7 Å². The van der Waals surface area contributed by atoms with E-state index in [1.54, 1.807) is 65.1 Å². The highest BCUT2D eigenvalue weighted by Crippen LogP contribution is 2.22. The Morgan fingerprint density at radius 2 is 1.09 bits per heavy atom. The molecular weight excluding hydrogens is 1160 g/mol. The molecule has 1 heterocycles. The van der Waals surface area contributed by atoms with Crippen LogP contribution in [-0.2, 0) is 78.3 Å². The predicted molar refractivity (Wildman–Crippen MR) is 314 cm³/mol. The number of hydrogen-bond acceptors (Lipinski definition) is 17. The van der Waals surface area contributed by atoms with E-state index in [1.807, 2.05) is 6.92 Å². The van der Waals surface area contributed by atoms with Gasteiger partial charge in [-0.05, 0) is 81.3 Å². The lowest BCUT2D eigenvalue weighted by molar-refractivity contribution is -0.144. The van der Waals surface area contributed by atoms with Gasteiger partial charge in [-0.15, -0.1) is 0 Å². The van der Waals surface area contributed by atoms with E-state index in [2.05, 4.69) is 53.2 Å². The summed E-state index contributed by atoms with van der Waals surface area (Å²) in [4.78, 5) is 197. The van der Waals surface area contributed by atoms with Crippen molar-refractivity contribution in [1.29, 1.82) is 0 Å². The monoisotopic (exact) mass is 1250 g/mol. The molecule has 10 atom stereocenters. The molecule has 0 unspecified atom stereocenters. The first-order valence-electron chi connectivity index (χ1n) is 28.6. The second kappa shape index (κ2) is 37.4.